The first-order valence-electron chi connectivity index (χ1n) is 17.8. The summed E-state index contributed by atoms with van der Waals surface area (Å²) in [5.74, 6) is 0. The summed E-state index contributed by atoms with van der Waals surface area (Å²) in [6, 6.07) is 71.7. The number of anilines is 3. The first-order valence-corrected chi connectivity index (χ1v) is 17.8. The normalized spacial score (nSPS) is 11.5. The minimum absolute atomic E-state index is 0.871. The van der Waals surface area contributed by atoms with Crippen molar-refractivity contribution < 1.29 is 4.42 Å². The maximum Gasteiger partial charge on any atom is 0.145 e. The Bertz CT molecular complexity index is 2920. The predicted octanol–water partition coefficient (Wildman–Crippen LogP) is 14.4. The molecule has 0 atom stereocenters. The van der Waals surface area contributed by atoms with Crippen molar-refractivity contribution in [2.24, 2.45) is 0 Å². The van der Waals surface area contributed by atoms with Crippen LogP contribution in [-0.2, 0) is 0 Å². The second-order valence-electron chi connectivity index (χ2n) is 13.3. The van der Waals surface area contributed by atoms with Gasteiger partial charge in [0.1, 0.15) is 11.2 Å². The van der Waals surface area contributed by atoms with Crippen LogP contribution < -0.4 is 4.90 Å². The molecule has 2 heteroatoms. The zero-order chi connectivity index (χ0) is 34.4. The molecule has 0 radical (unpaired) electrons. The third kappa shape index (κ3) is 5.12. The van der Waals surface area contributed by atoms with Crippen molar-refractivity contribution >= 4 is 60.5 Å². The van der Waals surface area contributed by atoms with Crippen molar-refractivity contribution in [2.75, 3.05) is 4.90 Å². The second-order valence-corrected chi connectivity index (χ2v) is 13.3. The quantitative estimate of drug-likeness (QED) is 0.176. The lowest BCUT2D eigenvalue weighted by atomic mass is 9.94. The van der Waals surface area contributed by atoms with Gasteiger partial charge < -0.3 is 9.32 Å². The Labute approximate surface area is 302 Å². The average Bonchev–Trinajstić information content (AvgIpc) is 3.61. The molecule has 2 nitrogen and oxygen atoms in total. The summed E-state index contributed by atoms with van der Waals surface area (Å²) in [6.45, 7) is 0. The average molecular weight is 664 g/mol. The molecule has 0 saturated heterocycles. The molecule has 1 heterocycles. The zero-order valence-electron chi connectivity index (χ0n) is 28.4. The highest BCUT2D eigenvalue weighted by Gasteiger charge is 2.23. The lowest BCUT2D eigenvalue weighted by Gasteiger charge is -2.27. The van der Waals surface area contributed by atoms with Crippen LogP contribution in [-0.4, -0.2) is 0 Å². The molecule has 52 heavy (non-hydrogen) atoms. The van der Waals surface area contributed by atoms with Crippen LogP contribution in [0.2, 0.25) is 0 Å². The fraction of sp³-hybridized carbons (Fsp3) is 0. The van der Waals surface area contributed by atoms with Crippen molar-refractivity contribution in [3.8, 4) is 33.4 Å². The number of para-hydroxylation sites is 1. The number of hydrogen-bond acceptors (Lipinski definition) is 2. The monoisotopic (exact) mass is 663 g/mol. The van der Waals surface area contributed by atoms with Gasteiger partial charge in [0.15, 0.2) is 0 Å². The molecule has 0 unspecified atom stereocenters. The van der Waals surface area contributed by atoms with Crippen LogP contribution >= 0.6 is 0 Å². The van der Waals surface area contributed by atoms with E-state index >= 15 is 0 Å². The Morgan fingerprint density at radius 2 is 0.942 bits per heavy atom. The predicted molar refractivity (Wildman–Crippen MR) is 220 cm³/mol. The van der Waals surface area contributed by atoms with E-state index < -0.39 is 0 Å². The lowest BCUT2D eigenvalue weighted by Crippen LogP contribution is -2.10. The minimum atomic E-state index is 0.871. The molecule has 0 saturated carbocycles. The van der Waals surface area contributed by atoms with Crippen LogP contribution in [0.4, 0.5) is 17.1 Å². The number of hydrogen-bond donors (Lipinski definition) is 0. The molecule has 0 N–H and O–H groups in total. The Balaban J connectivity index is 1.23. The number of fused-ring (bicyclic) bond motifs is 5. The molecule has 0 amide bonds. The fourth-order valence-corrected chi connectivity index (χ4v) is 7.74. The van der Waals surface area contributed by atoms with Crippen LogP contribution in [0.1, 0.15) is 0 Å². The third-order valence-corrected chi connectivity index (χ3v) is 10.2. The molecule has 9 aromatic carbocycles. The Morgan fingerprint density at radius 1 is 0.346 bits per heavy atom. The van der Waals surface area contributed by atoms with Gasteiger partial charge in [0.2, 0.25) is 0 Å². The minimum Gasteiger partial charge on any atom is -0.455 e. The molecule has 0 fully saturated rings. The van der Waals surface area contributed by atoms with Gasteiger partial charge in [0, 0.05) is 22.3 Å². The molecule has 1 aromatic heterocycles. The Morgan fingerprint density at radius 3 is 1.75 bits per heavy atom. The van der Waals surface area contributed by atoms with Crippen LogP contribution in [0.15, 0.2) is 205 Å². The van der Waals surface area contributed by atoms with E-state index in [2.05, 4.69) is 205 Å². The maximum atomic E-state index is 6.81. The summed E-state index contributed by atoms with van der Waals surface area (Å²) in [7, 11) is 0. The summed E-state index contributed by atoms with van der Waals surface area (Å²) in [6.07, 6.45) is 0. The van der Waals surface area contributed by atoms with Crippen molar-refractivity contribution in [3.63, 3.8) is 0 Å². The molecule has 0 aliphatic rings. The van der Waals surface area contributed by atoms with Gasteiger partial charge in [-0.3, -0.25) is 0 Å². The molecule has 0 bridgehead atoms. The Hall–Kier alpha value is -6.90. The van der Waals surface area contributed by atoms with Crippen molar-refractivity contribution in [3.05, 3.63) is 200 Å². The van der Waals surface area contributed by atoms with Gasteiger partial charge in [-0.1, -0.05) is 152 Å². The first-order chi connectivity index (χ1) is 25.8. The highest BCUT2D eigenvalue weighted by molar-refractivity contribution is 6.17. The molecule has 10 aromatic rings. The number of nitrogens with zero attached hydrogens (tertiary/aromatic N) is 1. The van der Waals surface area contributed by atoms with Gasteiger partial charge in [0.25, 0.3) is 0 Å². The SMILES string of the molecule is c1ccc(-c2ccccc2-c2cccc(N(c3ccc4ccccc4c3)c3ccc(-c4ccc5ccccc5c4)c4oc5ccccc5c34)c2)cc1. The van der Waals surface area contributed by atoms with Gasteiger partial charge in [-0.15, -0.1) is 0 Å². The van der Waals surface area contributed by atoms with Crippen molar-refractivity contribution in [2.45, 2.75) is 0 Å². The number of rotatable bonds is 6. The highest BCUT2D eigenvalue weighted by Crippen LogP contribution is 2.47. The Kier molecular flexibility index (Phi) is 7.18. The first kappa shape index (κ1) is 30.0. The summed E-state index contributed by atoms with van der Waals surface area (Å²) < 4.78 is 6.81. The van der Waals surface area contributed by atoms with E-state index in [0.29, 0.717) is 0 Å². The molecule has 0 spiro atoms. The van der Waals surface area contributed by atoms with E-state index in [9.17, 15) is 0 Å². The van der Waals surface area contributed by atoms with Crippen LogP contribution in [0.5, 0.6) is 0 Å². The summed E-state index contributed by atoms with van der Waals surface area (Å²) in [4.78, 5) is 2.40. The van der Waals surface area contributed by atoms with Crippen LogP contribution in [0.3, 0.4) is 0 Å². The van der Waals surface area contributed by atoms with E-state index in [-0.39, 0.29) is 0 Å². The highest BCUT2D eigenvalue weighted by atomic mass is 16.3. The maximum absolute atomic E-state index is 6.81. The van der Waals surface area contributed by atoms with E-state index in [4.69, 9.17) is 4.42 Å². The number of benzene rings is 9. The molecular formula is C50H33NO. The van der Waals surface area contributed by atoms with E-state index in [0.717, 1.165) is 55.7 Å². The second kappa shape index (κ2) is 12.5. The third-order valence-electron chi connectivity index (χ3n) is 10.2. The molecule has 0 aliphatic carbocycles. The van der Waals surface area contributed by atoms with Gasteiger partial charge in [-0.05, 0) is 97.9 Å². The van der Waals surface area contributed by atoms with Gasteiger partial charge in [0.05, 0.1) is 11.1 Å². The topological polar surface area (TPSA) is 16.4 Å². The van der Waals surface area contributed by atoms with E-state index in [1.807, 2.05) is 0 Å². The standard InChI is InChI=1S/C50H33NO/c1-2-15-36(16-3-1)43-21-8-9-22-44(43)39-19-12-20-41(33-39)51(42-28-27-35-14-5-7-18-38(35)32-42)47-30-29-45(40-26-25-34-13-4-6-17-37(34)31-40)50-49(47)46-23-10-11-24-48(46)52-50/h1-33H. The molecular weight excluding hydrogens is 631 g/mol. The van der Waals surface area contributed by atoms with Crippen molar-refractivity contribution in [1.29, 1.82) is 0 Å². The van der Waals surface area contributed by atoms with Crippen LogP contribution in [0.25, 0.3) is 76.9 Å². The van der Waals surface area contributed by atoms with E-state index in [1.165, 1.54) is 38.2 Å². The summed E-state index contributed by atoms with van der Waals surface area (Å²) >= 11 is 0. The van der Waals surface area contributed by atoms with Crippen molar-refractivity contribution in [1.82, 2.24) is 0 Å². The zero-order valence-corrected chi connectivity index (χ0v) is 28.4. The lowest BCUT2D eigenvalue weighted by molar-refractivity contribution is 0.670. The fourth-order valence-electron chi connectivity index (χ4n) is 7.74. The van der Waals surface area contributed by atoms with E-state index in [1.54, 1.807) is 0 Å². The molecule has 244 valence electrons. The molecule has 10 rings (SSSR count). The number of furan rings is 1. The smallest absolute Gasteiger partial charge is 0.145 e. The van der Waals surface area contributed by atoms with Gasteiger partial charge >= 0.3 is 0 Å². The van der Waals surface area contributed by atoms with Crippen LogP contribution in [0, 0.1) is 0 Å². The molecule has 0 aliphatic heterocycles. The van der Waals surface area contributed by atoms with Gasteiger partial charge in [-0.2, -0.15) is 0 Å². The summed E-state index contributed by atoms with van der Waals surface area (Å²) in [5, 5.41) is 7.01. The summed E-state index contributed by atoms with van der Waals surface area (Å²) in [5.41, 5.74) is 11.9. The van der Waals surface area contributed by atoms with Gasteiger partial charge in [-0.25, -0.2) is 0 Å². The largest absolute Gasteiger partial charge is 0.455 e.